The van der Waals surface area contributed by atoms with Crippen molar-refractivity contribution < 1.29 is 81.8 Å². The van der Waals surface area contributed by atoms with Gasteiger partial charge in [0.25, 0.3) is 0 Å². The number of benzene rings is 5. The van der Waals surface area contributed by atoms with Gasteiger partial charge in [-0.1, -0.05) is 152 Å². The molecule has 0 saturated carbocycles. The molecule has 704 valence electrons. The number of hydrogen-bond donors (Lipinski definition) is 19. The standard InChI is InChI=1S/C91H119ClN20O17S2/c1-52(2)42-67(80(118)102-66(18-10-11-37-96-53(3)4)88(126)112-40-13-19-75(112)87(125)99-54(5)78(93)116)103-81(119)69(45-57-26-33-64(34-27-57)101-90(128)98-39-38-97-76(114)20-9-8-17-65-35-41-130-131-65)104-83(121)70(46-56-24-31-63(32-25-56)100-79(117)73-49-77(115)111-91(129)110-73)107-86(124)74(51-113)108-84(122)71(48-59-14-12-36-95-50-59)106-82(120)68(44-55-22-29-62(92)30-23-55)105-85(123)72(109-89(94)127)47-58-21-28-60-15-6-7-16-61(60)43-58/h6-7,12,14-16,21-34,36,43,50,52-54,65-75,96,113H,8-11,13,17-20,35,37-42,44-49,51H2,1-5H3,(H2,93,116)(H,97,114)(H,99,125)(H,100,117)(H,102,118)(H,103,119)(H,104,121)(H,105,123)(H,106,120)(H,107,124)(H,108,122)(H3,94,109,127)(H2,98,101,128)(H2,110,111,115,129)/t54-,65?,66+,67+,68-,69-,70+,71-,72-,73?,74+,75+/m1/s1. The number of amides is 19. The molecule has 1 aromatic heterocycles. The van der Waals surface area contributed by atoms with Crippen LogP contribution in [0.5, 0.6) is 0 Å². The molecule has 37 nitrogen and oxygen atoms in total. The molecule has 3 fully saturated rings. The van der Waals surface area contributed by atoms with E-state index < -0.39 is 168 Å². The van der Waals surface area contributed by atoms with Gasteiger partial charge in [0, 0.05) is 104 Å². The molecular formula is C91H119ClN20O17S2. The molecule has 40 heteroatoms. The molecular weight excluding hydrogens is 1740 g/mol. The number of carbonyl (C=O) groups excluding carboxylic acids is 16. The summed E-state index contributed by atoms with van der Waals surface area (Å²) >= 11 is 6.28. The van der Waals surface area contributed by atoms with E-state index in [0.29, 0.717) is 64.8 Å². The molecule has 12 atom stereocenters. The number of hydrogen-bond acceptors (Lipinski definition) is 21. The quantitative estimate of drug-likeness (QED) is 0.0192. The zero-order valence-corrected chi connectivity index (χ0v) is 76.2. The van der Waals surface area contributed by atoms with E-state index in [9.17, 15) is 53.1 Å². The number of rotatable bonds is 49. The summed E-state index contributed by atoms with van der Waals surface area (Å²) in [6.45, 7) is 8.72. The lowest BCUT2D eigenvalue weighted by atomic mass is 9.99. The summed E-state index contributed by atoms with van der Waals surface area (Å²) in [4.78, 5) is 229. The summed E-state index contributed by atoms with van der Waals surface area (Å²) in [6, 6.07) is 16.0. The van der Waals surface area contributed by atoms with Crippen LogP contribution < -0.4 is 96.5 Å². The van der Waals surface area contributed by atoms with Gasteiger partial charge in [-0.3, -0.25) is 72.6 Å². The molecule has 0 bridgehead atoms. The number of unbranched alkanes of at least 4 members (excludes halogenated alkanes) is 2. The Morgan fingerprint density at radius 3 is 1.63 bits per heavy atom. The Morgan fingerprint density at radius 1 is 0.542 bits per heavy atom. The number of halogens is 1. The van der Waals surface area contributed by atoms with E-state index in [2.05, 4.69) is 90.1 Å². The van der Waals surface area contributed by atoms with Crippen molar-refractivity contribution >= 4 is 150 Å². The van der Waals surface area contributed by atoms with Crippen LogP contribution >= 0.6 is 33.2 Å². The van der Waals surface area contributed by atoms with E-state index in [1.165, 1.54) is 60.6 Å². The highest BCUT2D eigenvalue weighted by molar-refractivity contribution is 8.77. The van der Waals surface area contributed by atoms with E-state index in [1.807, 2.05) is 71.8 Å². The molecule has 3 saturated heterocycles. The molecule has 9 rings (SSSR count). The SMILES string of the molecule is CC(C)C[C@H](NC(=O)[C@@H](Cc1ccc(NC(=O)NCCNC(=O)CCCCC2CCSS2)cc1)NC(=O)[C@H](Cc1ccc(NC(=O)C2CC(=O)NC(=O)N2)cc1)NC(=O)[C@H](CO)NC(=O)[C@@H](Cc1cccnc1)NC(=O)[C@@H](Cc1ccc(Cl)cc1)NC(=O)[C@@H](Cc1ccc2ccccc2c1)NC(N)=O)C(=O)N[C@@H](CCCCNC(C)C)C(=O)N1CCC[C@H]1C(=O)N[C@H](C)C(N)=O. The van der Waals surface area contributed by atoms with Crippen LogP contribution in [0.4, 0.5) is 25.8 Å². The van der Waals surface area contributed by atoms with Gasteiger partial charge in [-0.25, -0.2) is 14.4 Å². The Labute approximate surface area is 772 Å². The van der Waals surface area contributed by atoms with Gasteiger partial charge in [-0.15, -0.1) is 0 Å². The van der Waals surface area contributed by atoms with Crippen molar-refractivity contribution in [3.8, 4) is 0 Å². The Bertz CT molecular complexity index is 4950. The van der Waals surface area contributed by atoms with Crippen molar-refractivity contribution in [3.63, 3.8) is 0 Å². The number of nitrogens with zero attached hydrogens (tertiary/aromatic N) is 2. The second-order valence-corrected chi connectivity index (χ2v) is 36.6. The van der Waals surface area contributed by atoms with Crippen LogP contribution in [0.15, 0.2) is 140 Å². The molecule has 19 amide bonds. The summed E-state index contributed by atoms with van der Waals surface area (Å²) in [5.41, 5.74) is 13.7. The number of urea groups is 3. The minimum Gasteiger partial charge on any atom is -0.394 e. The van der Waals surface area contributed by atoms with E-state index in [-0.39, 0.29) is 106 Å². The zero-order chi connectivity index (χ0) is 94.6. The van der Waals surface area contributed by atoms with E-state index >= 15 is 28.8 Å². The number of aromatic nitrogens is 1. The molecule has 5 aromatic carbocycles. The number of likely N-dealkylation sites (tertiary alicyclic amines) is 1. The average Bonchev–Trinajstić information content (AvgIpc) is 1.74. The minimum atomic E-state index is -1.95. The molecule has 3 aliphatic rings. The average molecular weight is 1860 g/mol. The summed E-state index contributed by atoms with van der Waals surface area (Å²) in [7, 11) is 3.76. The molecule has 21 N–H and O–H groups in total. The van der Waals surface area contributed by atoms with Gasteiger partial charge in [-0.05, 0) is 158 Å². The number of imide groups is 1. The number of anilines is 2. The maximum atomic E-state index is 15.7. The lowest BCUT2D eigenvalue weighted by Gasteiger charge is -2.31. The normalized spacial score (nSPS) is 16.8. The highest BCUT2D eigenvalue weighted by atomic mass is 35.5. The van der Waals surface area contributed by atoms with Gasteiger partial charge >= 0.3 is 18.1 Å². The van der Waals surface area contributed by atoms with Gasteiger partial charge in [0.15, 0.2) is 0 Å². The fourth-order valence-electron chi connectivity index (χ4n) is 15.0. The molecule has 131 heavy (non-hydrogen) atoms. The van der Waals surface area contributed by atoms with Gasteiger partial charge in [0.05, 0.1) is 13.0 Å². The fourth-order valence-corrected chi connectivity index (χ4v) is 18.2. The van der Waals surface area contributed by atoms with Crippen LogP contribution in [-0.2, 0) is 94.4 Å². The highest BCUT2D eigenvalue weighted by Crippen LogP contribution is 2.40. The molecule has 6 aromatic rings. The Kier molecular flexibility index (Phi) is 40.4. The molecule has 4 heterocycles. The second-order valence-electron chi connectivity index (χ2n) is 33.4. The number of nitrogens with one attached hydrogen (secondary N) is 16. The molecule has 0 aliphatic carbocycles. The summed E-state index contributed by atoms with van der Waals surface area (Å²) in [5.74, 6) is -9.71. The first-order chi connectivity index (χ1) is 62.7. The number of aliphatic hydroxyl groups excluding tert-OH is 1. The Hall–Kier alpha value is -12.5. The van der Waals surface area contributed by atoms with Crippen LogP contribution in [0.2, 0.25) is 5.02 Å². The molecule has 0 spiro atoms. The number of carbonyl (C=O) groups is 16. The third kappa shape index (κ3) is 34.1. The maximum absolute atomic E-state index is 15.7. The van der Waals surface area contributed by atoms with Gasteiger partial charge in [0.1, 0.15) is 66.5 Å². The molecule has 2 unspecified atom stereocenters. The van der Waals surface area contributed by atoms with Crippen molar-refractivity contribution in [2.75, 3.05) is 49.2 Å². The van der Waals surface area contributed by atoms with Crippen LogP contribution in [0, 0.1) is 5.92 Å². The van der Waals surface area contributed by atoms with Crippen LogP contribution in [0.1, 0.15) is 139 Å². The van der Waals surface area contributed by atoms with Crippen LogP contribution in [0.3, 0.4) is 0 Å². The van der Waals surface area contributed by atoms with Crippen LogP contribution in [0.25, 0.3) is 10.8 Å². The van der Waals surface area contributed by atoms with E-state index in [1.54, 1.807) is 68.4 Å². The molecule has 3 aliphatic heterocycles. The summed E-state index contributed by atoms with van der Waals surface area (Å²) in [5, 5.41) is 56.7. The number of aliphatic hydroxyl groups is 1. The van der Waals surface area contributed by atoms with Crippen LogP contribution in [-0.4, -0.2) is 226 Å². The third-order valence-electron chi connectivity index (χ3n) is 22.0. The van der Waals surface area contributed by atoms with Crippen molar-refractivity contribution in [1.29, 1.82) is 0 Å². The highest BCUT2D eigenvalue weighted by Gasteiger charge is 2.41. The first kappa shape index (κ1) is 102. The predicted octanol–water partition coefficient (Wildman–Crippen LogP) is 3.51. The molecule has 0 radical (unpaired) electrons. The predicted molar refractivity (Wildman–Crippen MR) is 497 cm³/mol. The maximum Gasteiger partial charge on any atom is 0.322 e. The first-order valence-electron chi connectivity index (χ1n) is 44.0. The summed E-state index contributed by atoms with van der Waals surface area (Å²) in [6.07, 6.45) is 6.98. The first-order valence-corrected chi connectivity index (χ1v) is 46.7. The number of nitrogens with two attached hydrogens (primary N) is 2. The Balaban J connectivity index is 1.01. The summed E-state index contributed by atoms with van der Waals surface area (Å²) < 4.78 is 0. The minimum absolute atomic E-state index is 0.0453. The van der Waals surface area contributed by atoms with Gasteiger partial charge < -0.3 is 101 Å². The number of fused-ring (bicyclic) bond motifs is 1. The number of pyridine rings is 1. The van der Waals surface area contributed by atoms with E-state index in [0.717, 1.165) is 42.2 Å². The fraction of sp³-hybridized carbons (Fsp3) is 0.462. The van der Waals surface area contributed by atoms with Crippen molar-refractivity contribution in [2.24, 2.45) is 17.4 Å². The second kappa shape index (κ2) is 51.8. The van der Waals surface area contributed by atoms with Crippen molar-refractivity contribution in [2.45, 2.75) is 222 Å². The van der Waals surface area contributed by atoms with Gasteiger partial charge in [0.2, 0.25) is 76.8 Å². The number of primary amides is 2. The van der Waals surface area contributed by atoms with Gasteiger partial charge in [-0.2, -0.15) is 0 Å². The topological polar surface area (TPSA) is 554 Å². The van der Waals surface area contributed by atoms with Crippen molar-refractivity contribution in [3.05, 3.63) is 173 Å². The lowest BCUT2D eigenvalue weighted by molar-refractivity contribution is -0.142. The third-order valence-corrected chi connectivity index (χ3v) is 25.3. The largest absolute Gasteiger partial charge is 0.394 e. The van der Waals surface area contributed by atoms with Crippen molar-refractivity contribution in [1.82, 2.24) is 84.3 Å². The zero-order valence-electron chi connectivity index (χ0n) is 73.8. The lowest BCUT2D eigenvalue weighted by Crippen LogP contribution is -2.62. The monoisotopic (exact) mass is 1860 g/mol. The van der Waals surface area contributed by atoms with E-state index in [4.69, 9.17) is 23.1 Å². The smallest absolute Gasteiger partial charge is 0.322 e. The Morgan fingerprint density at radius 2 is 1.08 bits per heavy atom.